The Bertz CT molecular complexity index is 311. The quantitative estimate of drug-likeness (QED) is 0.482. The summed E-state index contributed by atoms with van der Waals surface area (Å²) < 4.78 is 0. The van der Waals surface area contributed by atoms with Crippen LogP contribution in [-0.2, 0) is 14.4 Å². The highest BCUT2D eigenvalue weighted by Crippen LogP contribution is 2.35. The number of carbonyl (C=O) groups excluding carboxylic acids is 1. The lowest BCUT2D eigenvalue weighted by Gasteiger charge is -2.26. The fraction of sp³-hybridized carbons (Fsp3) is 0.700. The molecule has 0 amide bonds. The maximum absolute atomic E-state index is 10.9. The van der Waals surface area contributed by atoms with Crippen molar-refractivity contribution in [3.8, 4) is 0 Å². The summed E-state index contributed by atoms with van der Waals surface area (Å²) in [6.45, 7) is 2.19. The van der Waals surface area contributed by atoms with Crippen LogP contribution in [0, 0.1) is 11.8 Å². The normalized spacial score (nSPS) is 23.9. The van der Waals surface area contributed by atoms with Crippen LogP contribution in [0.2, 0.25) is 0 Å². The first-order valence-corrected chi connectivity index (χ1v) is 4.94. The van der Waals surface area contributed by atoms with Crippen LogP contribution in [0.5, 0.6) is 0 Å². The van der Waals surface area contributed by atoms with Crippen LogP contribution in [0.4, 0.5) is 0 Å². The van der Waals surface area contributed by atoms with Gasteiger partial charge in [0.2, 0.25) is 0 Å². The molecule has 4 N–H and O–H groups in total. The van der Waals surface area contributed by atoms with E-state index in [1.165, 1.54) is 0 Å². The van der Waals surface area contributed by atoms with Gasteiger partial charge in [0.15, 0.2) is 5.79 Å². The van der Waals surface area contributed by atoms with Crippen LogP contribution in [0.3, 0.4) is 0 Å². The molecule has 7 nitrogen and oxygen atoms in total. The molecule has 0 aliphatic heterocycles. The average molecular weight is 248 g/mol. The van der Waals surface area contributed by atoms with Gasteiger partial charge in [-0.3, -0.25) is 14.4 Å². The fourth-order valence-electron chi connectivity index (χ4n) is 1.69. The van der Waals surface area contributed by atoms with Gasteiger partial charge >= 0.3 is 5.97 Å². The van der Waals surface area contributed by atoms with Crippen molar-refractivity contribution in [2.45, 2.75) is 32.5 Å². The first-order valence-electron chi connectivity index (χ1n) is 4.94. The highest BCUT2D eigenvalue weighted by Gasteiger charge is 2.46. The third-order valence-electron chi connectivity index (χ3n) is 2.40. The smallest absolute Gasteiger partial charge is 0.307 e. The molecule has 1 aliphatic rings. The van der Waals surface area contributed by atoms with Crippen LogP contribution >= 0.6 is 0 Å². The number of carboxylic acid groups (broad SMARTS) is 2. The van der Waals surface area contributed by atoms with Gasteiger partial charge in [-0.15, -0.1) is 0 Å². The average Bonchev–Trinajstić information content (AvgIpc) is 2.45. The van der Waals surface area contributed by atoms with Crippen LogP contribution in [0.15, 0.2) is 0 Å². The number of Topliss-reactive ketones (excluding diaryl/α,β-unsaturated/α-hetero) is 1. The largest absolute Gasteiger partial charge is 0.481 e. The number of carboxylic acids is 2. The van der Waals surface area contributed by atoms with E-state index in [-0.39, 0.29) is 18.6 Å². The molecule has 0 saturated heterocycles. The van der Waals surface area contributed by atoms with E-state index in [0.29, 0.717) is 0 Å². The Hall–Kier alpha value is -1.47. The molecular formula is C10H16O7. The molecule has 0 radical (unpaired) electrons. The molecule has 0 aromatic heterocycles. The van der Waals surface area contributed by atoms with E-state index >= 15 is 0 Å². The molecule has 0 aromatic carbocycles. The number of rotatable bonds is 2. The van der Waals surface area contributed by atoms with Gasteiger partial charge in [-0.05, 0) is 6.92 Å². The van der Waals surface area contributed by atoms with Gasteiger partial charge in [-0.1, -0.05) is 0 Å². The van der Waals surface area contributed by atoms with E-state index < -0.39 is 29.6 Å². The topological polar surface area (TPSA) is 132 Å². The molecular weight excluding hydrogens is 232 g/mol. The number of aliphatic carboxylic acids is 2. The molecule has 1 saturated carbocycles. The van der Waals surface area contributed by atoms with Crippen molar-refractivity contribution >= 4 is 17.7 Å². The number of hydrogen-bond donors (Lipinski definition) is 4. The predicted octanol–water partition coefficient (Wildman–Crippen LogP) is -0.542. The number of carbonyl (C=O) groups is 3. The van der Waals surface area contributed by atoms with Gasteiger partial charge in [0.25, 0.3) is 5.97 Å². The number of aliphatic hydroxyl groups is 2. The number of hydrogen-bond acceptors (Lipinski definition) is 5. The maximum Gasteiger partial charge on any atom is 0.307 e. The summed E-state index contributed by atoms with van der Waals surface area (Å²) in [5.74, 6) is -6.16. The minimum absolute atomic E-state index is 0.0690. The summed E-state index contributed by atoms with van der Waals surface area (Å²) in [4.78, 5) is 30.6. The molecule has 0 aromatic rings. The Labute approximate surface area is 97.7 Å². The van der Waals surface area contributed by atoms with Crippen molar-refractivity contribution in [3.05, 3.63) is 0 Å². The van der Waals surface area contributed by atoms with Gasteiger partial charge in [-0.25, -0.2) is 0 Å². The van der Waals surface area contributed by atoms with Crippen molar-refractivity contribution in [2.24, 2.45) is 11.8 Å². The molecule has 1 rings (SSSR count). The Balaban J connectivity index is 0.000000557. The van der Waals surface area contributed by atoms with Crippen LogP contribution in [-0.4, -0.2) is 43.9 Å². The minimum atomic E-state index is -2.09. The molecule has 1 aliphatic carbocycles. The lowest BCUT2D eigenvalue weighted by atomic mass is 9.89. The minimum Gasteiger partial charge on any atom is -0.481 e. The molecule has 98 valence electrons. The monoisotopic (exact) mass is 248 g/mol. The summed E-state index contributed by atoms with van der Waals surface area (Å²) in [5, 5.41) is 34.5. The zero-order valence-electron chi connectivity index (χ0n) is 9.58. The van der Waals surface area contributed by atoms with Crippen LogP contribution in [0.1, 0.15) is 26.7 Å². The van der Waals surface area contributed by atoms with Gasteiger partial charge in [0, 0.05) is 25.7 Å². The highest BCUT2D eigenvalue weighted by atomic mass is 16.5. The van der Waals surface area contributed by atoms with Crippen molar-refractivity contribution in [2.75, 3.05) is 0 Å². The zero-order valence-corrected chi connectivity index (χ0v) is 9.58. The molecule has 17 heavy (non-hydrogen) atoms. The third-order valence-corrected chi connectivity index (χ3v) is 2.40. The highest BCUT2D eigenvalue weighted by molar-refractivity contribution is 5.88. The van der Waals surface area contributed by atoms with Gasteiger partial charge in [-0.2, -0.15) is 0 Å². The van der Waals surface area contributed by atoms with E-state index in [1.54, 1.807) is 0 Å². The number of ketones is 1. The van der Waals surface area contributed by atoms with Crippen LogP contribution in [0.25, 0.3) is 0 Å². The SMILES string of the molecule is CC(=O)O.CC(O)(O)[C@@H]1CC(=O)C[C@@H]1C(=O)O. The molecule has 7 heteroatoms. The van der Waals surface area contributed by atoms with E-state index in [4.69, 9.17) is 15.0 Å². The summed E-state index contributed by atoms with van der Waals surface area (Å²) in [5.41, 5.74) is 0. The summed E-state index contributed by atoms with van der Waals surface area (Å²) in [7, 11) is 0. The summed E-state index contributed by atoms with van der Waals surface area (Å²) in [6, 6.07) is 0. The second-order valence-electron chi connectivity index (χ2n) is 4.11. The second-order valence-corrected chi connectivity index (χ2v) is 4.11. The maximum atomic E-state index is 10.9. The first-order chi connectivity index (χ1) is 7.55. The Morgan fingerprint density at radius 3 is 1.88 bits per heavy atom. The van der Waals surface area contributed by atoms with Crippen molar-refractivity contribution in [3.63, 3.8) is 0 Å². The van der Waals surface area contributed by atoms with E-state index in [2.05, 4.69) is 0 Å². The van der Waals surface area contributed by atoms with E-state index in [0.717, 1.165) is 13.8 Å². The second kappa shape index (κ2) is 5.74. The third kappa shape index (κ3) is 5.41. The molecule has 1 fully saturated rings. The Morgan fingerprint density at radius 2 is 1.65 bits per heavy atom. The van der Waals surface area contributed by atoms with Crippen molar-refractivity contribution in [1.29, 1.82) is 0 Å². The fourth-order valence-corrected chi connectivity index (χ4v) is 1.69. The lowest BCUT2D eigenvalue weighted by molar-refractivity contribution is -0.198. The van der Waals surface area contributed by atoms with Crippen molar-refractivity contribution in [1.82, 2.24) is 0 Å². The van der Waals surface area contributed by atoms with E-state index in [1.807, 2.05) is 0 Å². The first kappa shape index (κ1) is 15.5. The van der Waals surface area contributed by atoms with Crippen molar-refractivity contribution < 1.29 is 34.8 Å². The zero-order chi connectivity index (χ0) is 13.8. The molecule has 0 bridgehead atoms. The summed E-state index contributed by atoms with van der Waals surface area (Å²) in [6.07, 6.45) is -0.169. The standard InChI is InChI=1S/C8H12O5.C2H4O2/c1-8(12,13)6-3-4(9)2-5(6)7(10)11;1-2(3)4/h5-6,12-13H,2-3H2,1H3,(H,10,11);1H3,(H,3,4)/t5-,6+;/m0./s1. The van der Waals surface area contributed by atoms with Gasteiger partial charge in [0.1, 0.15) is 5.78 Å². The lowest BCUT2D eigenvalue weighted by Crippen LogP contribution is -2.38. The molecule has 0 spiro atoms. The molecule has 2 atom stereocenters. The van der Waals surface area contributed by atoms with E-state index in [9.17, 15) is 19.8 Å². The van der Waals surface area contributed by atoms with Gasteiger partial charge < -0.3 is 20.4 Å². The predicted molar refractivity (Wildman–Crippen MR) is 55.0 cm³/mol. The van der Waals surface area contributed by atoms with Crippen LogP contribution < -0.4 is 0 Å². The van der Waals surface area contributed by atoms with Gasteiger partial charge in [0.05, 0.1) is 5.92 Å². The molecule has 0 unspecified atom stereocenters. The Kier molecular flexibility index (Phi) is 5.24. The molecule has 0 heterocycles. The summed E-state index contributed by atoms with van der Waals surface area (Å²) >= 11 is 0. The Morgan fingerprint density at radius 1 is 1.24 bits per heavy atom.